The van der Waals surface area contributed by atoms with Crippen molar-refractivity contribution in [2.75, 3.05) is 6.61 Å². The summed E-state index contributed by atoms with van der Waals surface area (Å²) in [5.74, 6) is 1.13. The van der Waals surface area contributed by atoms with E-state index >= 15 is 0 Å². The van der Waals surface area contributed by atoms with Gasteiger partial charge in [0.15, 0.2) is 0 Å². The largest absolute Gasteiger partial charge is 0.423 e. The van der Waals surface area contributed by atoms with E-state index in [4.69, 9.17) is 9.52 Å². The number of aliphatic hydroxyl groups excluding tert-OH is 1. The van der Waals surface area contributed by atoms with Gasteiger partial charge in [0.05, 0.1) is 5.69 Å². The molecule has 0 atom stereocenters. The lowest BCUT2D eigenvalue weighted by Gasteiger charge is -1.92. The maximum absolute atomic E-state index is 8.74. The highest BCUT2D eigenvalue weighted by atomic mass is 16.4. The summed E-state index contributed by atoms with van der Waals surface area (Å²) >= 11 is 0. The van der Waals surface area contributed by atoms with Gasteiger partial charge in [-0.3, -0.25) is 0 Å². The van der Waals surface area contributed by atoms with E-state index in [0.29, 0.717) is 24.7 Å². The number of hydrogen-bond donors (Lipinski definition) is 1. The van der Waals surface area contributed by atoms with Crippen LogP contribution in [-0.2, 0) is 19.4 Å². The van der Waals surface area contributed by atoms with E-state index in [9.17, 15) is 0 Å². The highest BCUT2D eigenvalue weighted by molar-refractivity contribution is 4.93. The van der Waals surface area contributed by atoms with Crippen LogP contribution in [0.1, 0.15) is 24.4 Å². The molecule has 0 aliphatic heterocycles. The Hall–Kier alpha value is -1.76. The van der Waals surface area contributed by atoms with Gasteiger partial charge in [0.25, 0.3) is 0 Å². The molecule has 0 amide bonds. The van der Waals surface area contributed by atoms with Crippen molar-refractivity contribution in [2.45, 2.75) is 26.3 Å². The zero-order valence-corrected chi connectivity index (χ0v) is 9.00. The fraction of sp³-hybridized carbons (Fsp3) is 0.556. The van der Waals surface area contributed by atoms with Gasteiger partial charge in [-0.25, -0.2) is 4.68 Å². The molecule has 2 heterocycles. The number of rotatable bonds is 5. The van der Waals surface area contributed by atoms with Gasteiger partial charge in [0, 0.05) is 25.6 Å². The summed E-state index contributed by atoms with van der Waals surface area (Å²) in [6.07, 6.45) is 2.98. The predicted molar refractivity (Wildman–Crippen MR) is 53.6 cm³/mol. The second kappa shape index (κ2) is 4.84. The lowest BCUT2D eigenvalue weighted by atomic mass is 10.3. The van der Waals surface area contributed by atoms with Gasteiger partial charge in [-0.1, -0.05) is 12.1 Å². The topological polar surface area (TPSA) is 89.9 Å². The van der Waals surface area contributed by atoms with Crippen LogP contribution < -0.4 is 0 Å². The summed E-state index contributed by atoms with van der Waals surface area (Å²) < 4.78 is 6.95. The van der Waals surface area contributed by atoms with Crippen molar-refractivity contribution in [1.82, 2.24) is 25.2 Å². The first kappa shape index (κ1) is 10.7. The first-order valence-corrected chi connectivity index (χ1v) is 5.13. The van der Waals surface area contributed by atoms with Crippen molar-refractivity contribution < 1.29 is 9.52 Å². The molecule has 16 heavy (non-hydrogen) atoms. The fourth-order valence-corrected chi connectivity index (χ4v) is 1.28. The summed E-state index contributed by atoms with van der Waals surface area (Å²) in [7, 11) is 0. The predicted octanol–water partition coefficient (Wildman–Crippen LogP) is -0.193. The standard InChI is InChI=1S/C9H13N5O2/c1-2-8-11-12-9(16-8)6-14-5-7(3-4-15)10-13-14/h5,15H,2-4,6H2,1H3. The van der Waals surface area contributed by atoms with E-state index in [0.717, 1.165) is 12.1 Å². The monoisotopic (exact) mass is 223 g/mol. The van der Waals surface area contributed by atoms with E-state index in [-0.39, 0.29) is 6.61 Å². The van der Waals surface area contributed by atoms with Crippen molar-refractivity contribution in [3.8, 4) is 0 Å². The minimum absolute atomic E-state index is 0.0687. The Morgan fingerprint density at radius 3 is 2.81 bits per heavy atom. The van der Waals surface area contributed by atoms with Gasteiger partial charge in [-0.2, -0.15) is 0 Å². The first-order chi connectivity index (χ1) is 7.81. The molecule has 0 saturated carbocycles. The molecular weight excluding hydrogens is 210 g/mol. The molecule has 0 aromatic carbocycles. The van der Waals surface area contributed by atoms with E-state index < -0.39 is 0 Å². The van der Waals surface area contributed by atoms with Crippen molar-refractivity contribution >= 4 is 0 Å². The third-order valence-corrected chi connectivity index (χ3v) is 2.06. The molecule has 2 aromatic rings. The van der Waals surface area contributed by atoms with E-state index in [1.54, 1.807) is 10.9 Å². The highest BCUT2D eigenvalue weighted by Gasteiger charge is 2.06. The van der Waals surface area contributed by atoms with Crippen LogP contribution in [0.3, 0.4) is 0 Å². The lowest BCUT2D eigenvalue weighted by Crippen LogP contribution is -2.00. The molecule has 0 aliphatic rings. The average molecular weight is 223 g/mol. The van der Waals surface area contributed by atoms with Gasteiger partial charge < -0.3 is 9.52 Å². The SMILES string of the molecule is CCc1nnc(Cn2cc(CCO)nn2)o1. The van der Waals surface area contributed by atoms with Gasteiger partial charge in [0.1, 0.15) is 6.54 Å². The minimum Gasteiger partial charge on any atom is -0.423 e. The zero-order chi connectivity index (χ0) is 11.4. The normalized spacial score (nSPS) is 10.9. The maximum atomic E-state index is 8.74. The van der Waals surface area contributed by atoms with Crippen molar-refractivity contribution in [3.63, 3.8) is 0 Å². The van der Waals surface area contributed by atoms with Gasteiger partial charge in [0.2, 0.25) is 11.8 Å². The molecule has 0 fully saturated rings. The number of aromatic nitrogens is 5. The van der Waals surface area contributed by atoms with Gasteiger partial charge in [-0.15, -0.1) is 15.3 Å². The molecule has 2 aromatic heterocycles. The molecule has 2 rings (SSSR count). The summed E-state index contributed by atoms with van der Waals surface area (Å²) in [6.45, 7) is 2.43. The van der Waals surface area contributed by atoms with E-state index in [1.807, 2.05) is 6.92 Å². The molecule has 1 N–H and O–H groups in total. The molecule has 86 valence electrons. The molecule has 0 radical (unpaired) electrons. The molecular formula is C9H13N5O2. The number of nitrogens with zero attached hydrogens (tertiary/aromatic N) is 5. The van der Waals surface area contributed by atoms with Crippen LogP contribution in [0, 0.1) is 0 Å². The summed E-state index contributed by atoms with van der Waals surface area (Å²) in [6, 6.07) is 0. The molecule has 0 bridgehead atoms. The third-order valence-electron chi connectivity index (χ3n) is 2.06. The van der Waals surface area contributed by atoms with Crippen LogP contribution in [0.5, 0.6) is 0 Å². The number of hydrogen-bond acceptors (Lipinski definition) is 6. The highest BCUT2D eigenvalue weighted by Crippen LogP contribution is 2.03. The number of aryl methyl sites for hydroxylation is 1. The van der Waals surface area contributed by atoms with Crippen LogP contribution >= 0.6 is 0 Å². The zero-order valence-electron chi connectivity index (χ0n) is 9.00. The van der Waals surface area contributed by atoms with Crippen LogP contribution in [-0.4, -0.2) is 36.9 Å². The molecule has 0 unspecified atom stereocenters. The van der Waals surface area contributed by atoms with E-state index in [1.165, 1.54) is 0 Å². The molecule has 7 nitrogen and oxygen atoms in total. The Morgan fingerprint density at radius 2 is 2.12 bits per heavy atom. The van der Waals surface area contributed by atoms with Gasteiger partial charge in [-0.05, 0) is 0 Å². The van der Waals surface area contributed by atoms with Crippen molar-refractivity contribution in [2.24, 2.45) is 0 Å². The van der Waals surface area contributed by atoms with Crippen LogP contribution in [0.4, 0.5) is 0 Å². The molecule has 0 aliphatic carbocycles. The molecule has 0 saturated heterocycles. The van der Waals surface area contributed by atoms with E-state index in [2.05, 4.69) is 20.5 Å². The third kappa shape index (κ3) is 2.43. The quantitative estimate of drug-likeness (QED) is 0.755. The summed E-state index contributed by atoms with van der Waals surface area (Å²) in [5, 5.41) is 24.3. The van der Waals surface area contributed by atoms with Crippen LogP contribution in [0.15, 0.2) is 10.6 Å². The molecule has 7 heteroatoms. The van der Waals surface area contributed by atoms with Crippen molar-refractivity contribution in [3.05, 3.63) is 23.7 Å². The smallest absolute Gasteiger partial charge is 0.237 e. The summed E-state index contributed by atoms with van der Waals surface area (Å²) in [4.78, 5) is 0. The Labute approximate surface area is 92.1 Å². The van der Waals surface area contributed by atoms with Crippen molar-refractivity contribution in [1.29, 1.82) is 0 Å². The second-order valence-corrected chi connectivity index (χ2v) is 3.32. The Morgan fingerprint density at radius 1 is 1.31 bits per heavy atom. The van der Waals surface area contributed by atoms with Crippen LogP contribution in [0.2, 0.25) is 0 Å². The number of aliphatic hydroxyl groups is 1. The average Bonchev–Trinajstić information content (AvgIpc) is 2.89. The minimum atomic E-state index is 0.0687. The molecule has 0 spiro atoms. The van der Waals surface area contributed by atoms with Gasteiger partial charge >= 0.3 is 0 Å². The Bertz CT molecular complexity index is 450. The Kier molecular flexibility index (Phi) is 3.25. The second-order valence-electron chi connectivity index (χ2n) is 3.32. The Balaban J connectivity index is 2.02. The maximum Gasteiger partial charge on any atom is 0.237 e. The summed E-state index contributed by atoms with van der Waals surface area (Å²) in [5.41, 5.74) is 0.748. The first-order valence-electron chi connectivity index (χ1n) is 5.13. The fourth-order valence-electron chi connectivity index (χ4n) is 1.28. The lowest BCUT2D eigenvalue weighted by molar-refractivity contribution is 0.298. The van der Waals surface area contributed by atoms with Crippen LogP contribution in [0.25, 0.3) is 0 Å².